The molecule has 0 atom stereocenters. The fraction of sp³-hybridized carbons (Fsp3) is 1.00. The number of hydrogen-bond donors (Lipinski definition) is 0. The second kappa shape index (κ2) is 4.51. The van der Waals surface area contributed by atoms with E-state index >= 15 is 0 Å². The van der Waals surface area contributed by atoms with Crippen LogP contribution in [0.2, 0.25) is 0 Å². The summed E-state index contributed by atoms with van der Waals surface area (Å²) in [6.45, 7) is 0.0556. The molecule has 0 radical (unpaired) electrons. The number of nitrogens with zero attached hydrogens (tertiary/aromatic N) is 1. The van der Waals surface area contributed by atoms with Gasteiger partial charge in [-0.3, -0.25) is 4.90 Å². The van der Waals surface area contributed by atoms with Crippen LogP contribution in [0.4, 0.5) is 13.2 Å². The highest BCUT2D eigenvalue weighted by atomic mass is 35.5. The Hall–Kier alpha value is 0.0400. The molecule has 1 nitrogen and oxygen atoms in total. The Kier molecular flexibility index (Phi) is 3.86. The molecule has 0 spiro atoms. The predicted molar refractivity (Wildman–Crippen MR) is 45.9 cm³/mol. The van der Waals surface area contributed by atoms with Gasteiger partial charge in [-0.15, -0.1) is 11.6 Å². The Bertz CT molecular complexity index is 156. The van der Waals surface area contributed by atoms with Gasteiger partial charge in [0, 0.05) is 19.0 Å². The molecule has 0 unspecified atom stereocenters. The van der Waals surface area contributed by atoms with Gasteiger partial charge in [-0.05, 0) is 18.8 Å². The van der Waals surface area contributed by atoms with E-state index in [9.17, 15) is 13.2 Å². The Morgan fingerprint density at radius 1 is 1.31 bits per heavy atom. The maximum absolute atomic E-state index is 12.0. The number of rotatable bonds is 5. The van der Waals surface area contributed by atoms with E-state index in [1.807, 2.05) is 0 Å². The fourth-order valence-electron chi connectivity index (χ4n) is 1.27. The Morgan fingerprint density at radius 2 is 1.92 bits per heavy atom. The Morgan fingerprint density at radius 3 is 2.31 bits per heavy atom. The monoisotopic (exact) mass is 215 g/mol. The molecule has 1 fully saturated rings. The summed E-state index contributed by atoms with van der Waals surface area (Å²) in [6.07, 6.45) is -1.96. The summed E-state index contributed by atoms with van der Waals surface area (Å²) < 4.78 is 36.0. The summed E-state index contributed by atoms with van der Waals surface area (Å²) in [6, 6.07) is 0. The van der Waals surface area contributed by atoms with Gasteiger partial charge in [-0.25, -0.2) is 0 Å². The molecule has 1 aliphatic rings. The molecule has 5 heteroatoms. The van der Waals surface area contributed by atoms with Gasteiger partial charge in [0.15, 0.2) is 0 Å². The molecule has 0 bridgehead atoms. The first-order valence-electron chi connectivity index (χ1n) is 4.36. The normalized spacial score (nSPS) is 18.2. The van der Waals surface area contributed by atoms with E-state index in [0.29, 0.717) is 19.0 Å². The number of alkyl halides is 4. The fourth-order valence-corrected chi connectivity index (χ4v) is 1.51. The molecule has 0 aromatic heterocycles. The third-order valence-electron chi connectivity index (χ3n) is 2.02. The average molecular weight is 216 g/mol. The number of hydrogen-bond acceptors (Lipinski definition) is 1. The lowest BCUT2D eigenvalue weighted by molar-refractivity contribution is -0.145. The van der Waals surface area contributed by atoms with E-state index in [-0.39, 0.29) is 5.88 Å². The van der Waals surface area contributed by atoms with Crippen LogP contribution in [0.15, 0.2) is 0 Å². The largest absolute Gasteiger partial charge is 0.401 e. The smallest absolute Gasteiger partial charge is 0.294 e. The third-order valence-corrected chi connectivity index (χ3v) is 2.19. The van der Waals surface area contributed by atoms with Crippen molar-refractivity contribution in [3.8, 4) is 0 Å². The van der Waals surface area contributed by atoms with Gasteiger partial charge < -0.3 is 0 Å². The average Bonchev–Trinajstić information content (AvgIpc) is 2.68. The zero-order valence-corrected chi connectivity index (χ0v) is 8.03. The maximum Gasteiger partial charge on any atom is 0.401 e. The maximum atomic E-state index is 12.0. The zero-order chi connectivity index (χ0) is 9.90. The highest BCUT2D eigenvalue weighted by molar-refractivity contribution is 6.18. The molecule has 0 aromatic rings. The standard InChI is InChI=1S/C8H13ClF3N/c9-3-4-13(5-7-1-2-7)6-8(10,11)12/h7H,1-6H2. The summed E-state index contributed by atoms with van der Waals surface area (Å²) in [5.41, 5.74) is 0. The van der Waals surface area contributed by atoms with Crippen LogP contribution in [0.5, 0.6) is 0 Å². The van der Waals surface area contributed by atoms with E-state index in [4.69, 9.17) is 11.6 Å². The lowest BCUT2D eigenvalue weighted by Gasteiger charge is -2.22. The van der Waals surface area contributed by atoms with E-state index in [1.165, 1.54) is 4.90 Å². The molecule has 0 saturated heterocycles. The van der Waals surface area contributed by atoms with Gasteiger partial charge in [-0.1, -0.05) is 0 Å². The van der Waals surface area contributed by atoms with Gasteiger partial charge in [-0.2, -0.15) is 13.2 Å². The highest BCUT2D eigenvalue weighted by Gasteiger charge is 2.33. The molecule has 1 saturated carbocycles. The minimum atomic E-state index is -4.10. The molecule has 1 aliphatic carbocycles. The first kappa shape index (κ1) is 11.1. The van der Waals surface area contributed by atoms with E-state index in [2.05, 4.69) is 0 Å². The van der Waals surface area contributed by atoms with E-state index in [0.717, 1.165) is 12.8 Å². The SMILES string of the molecule is FC(F)(F)CN(CCCl)CC1CC1. The summed E-state index contributed by atoms with van der Waals surface area (Å²) >= 11 is 5.42. The molecule has 1 rings (SSSR count). The van der Waals surface area contributed by atoms with Crippen LogP contribution in [0.25, 0.3) is 0 Å². The molecular formula is C8H13ClF3N. The number of halogens is 4. The van der Waals surface area contributed by atoms with Crippen molar-refractivity contribution in [2.24, 2.45) is 5.92 Å². The topological polar surface area (TPSA) is 3.24 Å². The van der Waals surface area contributed by atoms with E-state index in [1.54, 1.807) is 0 Å². The zero-order valence-electron chi connectivity index (χ0n) is 7.28. The van der Waals surface area contributed by atoms with Gasteiger partial charge in [0.2, 0.25) is 0 Å². The van der Waals surface area contributed by atoms with Crippen LogP contribution in [0, 0.1) is 5.92 Å². The van der Waals surface area contributed by atoms with Crippen molar-refractivity contribution in [2.45, 2.75) is 19.0 Å². The van der Waals surface area contributed by atoms with Crippen molar-refractivity contribution in [1.29, 1.82) is 0 Å². The third kappa shape index (κ3) is 5.37. The minimum Gasteiger partial charge on any atom is -0.294 e. The van der Waals surface area contributed by atoms with Gasteiger partial charge >= 0.3 is 6.18 Å². The van der Waals surface area contributed by atoms with Crippen LogP contribution in [0.3, 0.4) is 0 Å². The van der Waals surface area contributed by atoms with Crippen LogP contribution in [-0.2, 0) is 0 Å². The van der Waals surface area contributed by atoms with Crippen molar-refractivity contribution in [3.63, 3.8) is 0 Å². The first-order chi connectivity index (χ1) is 6.01. The molecule has 78 valence electrons. The summed E-state index contributed by atoms with van der Waals surface area (Å²) in [5, 5.41) is 0. The Labute approximate surface area is 80.8 Å². The van der Waals surface area contributed by atoms with Crippen molar-refractivity contribution < 1.29 is 13.2 Å². The minimum absolute atomic E-state index is 0.267. The van der Waals surface area contributed by atoms with Crippen molar-refractivity contribution in [3.05, 3.63) is 0 Å². The van der Waals surface area contributed by atoms with Crippen LogP contribution in [-0.4, -0.2) is 36.6 Å². The van der Waals surface area contributed by atoms with Crippen molar-refractivity contribution in [2.75, 3.05) is 25.5 Å². The first-order valence-corrected chi connectivity index (χ1v) is 4.90. The molecular weight excluding hydrogens is 203 g/mol. The predicted octanol–water partition coefficient (Wildman–Crippen LogP) is 2.50. The highest BCUT2D eigenvalue weighted by Crippen LogP contribution is 2.30. The van der Waals surface area contributed by atoms with Gasteiger partial charge in [0.1, 0.15) is 0 Å². The molecule has 0 N–H and O–H groups in total. The molecule has 0 heterocycles. The van der Waals surface area contributed by atoms with Gasteiger partial charge in [0.05, 0.1) is 6.54 Å². The lowest BCUT2D eigenvalue weighted by atomic mass is 10.3. The second-order valence-electron chi connectivity index (χ2n) is 3.48. The molecule has 0 amide bonds. The van der Waals surface area contributed by atoms with E-state index < -0.39 is 12.7 Å². The van der Waals surface area contributed by atoms with Crippen LogP contribution < -0.4 is 0 Å². The Balaban J connectivity index is 2.27. The second-order valence-corrected chi connectivity index (χ2v) is 3.86. The summed E-state index contributed by atoms with van der Waals surface area (Å²) in [5.74, 6) is 0.744. The molecule has 0 aromatic carbocycles. The van der Waals surface area contributed by atoms with Crippen molar-refractivity contribution >= 4 is 11.6 Å². The summed E-state index contributed by atoms with van der Waals surface area (Å²) in [4.78, 5) is 1.39. The summed E-state index contributed by atoms with van der Waals surface area (Å²) in [7, 11) is 0. The van der Waals surface area contributed by atoms with Gasteiger partial charge in [0.25, 0.3) is 0 Å². The lowest BCUT2D eigenvalue weighted by Crippen LogP contribution is -2.36. The van der Waals surface area contributed by atoms with Crippen LogP contribution >= 0.6 is 11.6 Å². The quantitative estimate of drug-likeness (QED) is 0.637. The van der Waals surface area contributed by atoms with Crippen LogP contribution in [0.1, 0.15) is 12.8 Å². The van der Waals surface area contributed by atoms with Crippen molar-refractivity contribution in [1.82, 2.24) is 4.90 Å². The molecule has 13 heavy (non-hydrogen) atoms. The molecule has 0 aliphatic heterocycles.